The molecule has 0 unspecified atom stereocenters. The number of carbonyl (C=O) groups excluding carboxylic acids is 1. The van der Waals surface area contributed by atoms with E-state index < -0.39 is 41.5 Å². The zero-order chi connectivity index (χ0) is 22.2. The van der Waals surface area contributed by atoms with Crippen LogP contribution in [0.4, 0.5) is 17.6 Å². The van der Waals surface area contributed by atoms with E-state index >= 15 is 0 Å². The Labute approximate surface area is 172 Å². The van der Waals surface area contributed by atoms with E-state index in [1.165, 1.54) is 17.5 Å². The topological polar surface area (TPSA) is 74.6 Å². The van der Waals surface area contributed by atoms with Gasteiger partial charge >= 0.3 is 12.1 Å². The lowest BCUT2D eigenvalue weighted by Crippen LogP contribution is -2.09. The molecule has 0 fully saturated rings. The van der Waals surface area contributed by atoms with Gasteiger partial charge in [-0.1, -0.05) is 12.1 Å². The number of aromatic hydroxyl groups is 1. The Kier molecular flexibility index (Phi) is 5.67. The van der Waals surface area contributed by atoms with Gasteiger partial charge in [-0.3, -0.25) is 4.79 Å². The number of carbonyl (C=O) groups is 2. The van der Waals surface area contributed by atoms with E-state index in [0.29, 0.717) is 17.7 Å². The fraction of sp³-hybridized carbons (Fsp3) is 0.143. The summed E-state index contributed by atoms with van der Waals surface area (Å²) >= 11 is 0.919. The van der Waals surface area contributed by atoms with Crippen LogP contribution in [-0.2, 0) is 12.6 Å². The van der Waals surface area contributed by atoms with Crippen molar-refractivity contribution in [1.29, 1.82) is 0 Å². The average Bonchev–Trinajstić information content (AvgIpc) is 3.04. The van der Waals surface area contributed by atoms with Crippen molar-refractivity contribution in [2.24, 2.45) is 0 Å². The van der Waals surface area contributed by atoms with Crippen LogP contribution in [0, 0.1) is 12.7 Å². The molecule has 0 saturated carbocycles. The molecular formula is C21H14F4O4S. The summed E-state index contributed by atoms with van der Waals surface area (Å²) in [6, 6.07) is 6.25. The van der Waals surface area contributed by atoms with Gasteiger partial charge in [-0.15, -0.1) is 11.3 Å². The van der Waals surface area contributed by atoms with Gasteiger partial charge in [0.25, 0.3) is 0 Å². The molecule has 0 radical (unpaired) electrons. The first kappa shape index (κ1) is 21.5. The number of aromatic carboxylic acids is 1. The number of phenolic OH excluding ortho intramolecular Hbond substituents is 1. The number of rotatable bonds is 5. The number of thiophene rings is 1. The number of ketones is 1. The summed E-state index contributed by atoms with van der Waals surface area (Å²) in [5, 5.41) is 20.9. The molecule has 9 heteroatoms. The number of phenols is 1. The number of alkyl halides is 3. The lowest BCUT2D eigenvalue weighted by Gasteiger charge is -2.10. The number of hydrogen-bond donors (Lipinski definition) is 2. The second kappa shape index (κ2) is 7.91. The highest BCUT2D eigenvalue weighted by atomic mass is 32.1. The van der Waals surface area contributed by atoms with Gasteiger partial charge in [0.1, 0.15) is 11.6 Å². The quantitative estimate of drug-likeness (QED) is 0.395. The van der Waals surface area contributed by atoms with Crippen molar-refractivity contribution in [2.45, 2.75) is 19.5 Å². The van der Waals surface area contributed by atoms with Crippen molar-refractivity contribution in [3.63, 3.8) is 0 Å². The molecule has 0 bridgehead atoms. The van der Waals surface area contributed by atoms with Crippen molar-refractivity contribution in [3.8, 4) is 16.9 Å². The minimum Gasteiger partial charge on any atom is -0.507 e. The minimum atomic E-state index is -4.68. The zero-order valence-electron chi connectivity index (χ0n) is 15.4. The number of aryl methyl sites for hydroxylation is 1. The van der Waals surface area contributed by atoms with Crippen LogP contribution in [0.5, 0.6) is 5.75 Å². The van der Waals surface area contributed by atoms with Crippen LogP contribution in [0.25, 0.3) is 11.1 Å². The van der Waals surface area contributed by atoms with Gasteiger partial charge in [-0.25, -0.2) is 9.18 Å². The molecule has 0 aliphatic heterocycles. The lowest BCUT2D eigenvalue weighted by atomic mass is 9.98. The molecule has 0 atom stereocenters. The second-order valence-corrected chi connectivity index (χ2v) is 7.53. The van der Waals surface area contributed by atoms with E-state index in [4.69, 9.17) is 0 Å². The summed E-state index contributed by atoms with van der Waals surface area (Å²) in [6.07, 6.45) is -5.16. The monoisotopic (exact) mass is 438 g/mol. The molecule has 1 aromatic heterocycles. The van der Waals surface area contributed by atoms with E-state index in [-0.39, 0.29) is 27.1 Å². The van der Waals surface area contributed by atoms with Crippen molar-refractivity contribution in [1.82, 2.24) is 0 Å². The van der Waals surface area contributed by atoms with Crippen LogP contribution in [0.3, 0.4) is 0 Å². The van der Waals surface area contributed by atoms with E-state index in [0.717, 1.165) is 17.4 Å². The molecule has 0 amide bonds. The van der Waals surface area contributed by atoms with Gasteiger partial charge in [-0.05, 0) is 42.1 Å². The van der Waals surface area contributed by atoms with E-state index in [2.05, 4.69) is 0 Å². The Hall–Kier alpha value is -3.20. The molecule has 3 aromatic rings. The highest BCUT2D eigenvalue weighted by molar-refractivity contribution is 7.11. The number of carboxylic acid groups (broad SMARTS) is 1. The summed E-state index contributed by atoms with van der Waals surface area (Å²) in [7, 11) is 0. The third-order valence-electron chi connectivity index (χ3n) is 4.44. The lowest BCUT2D eigenvalue weighted by molar-refractivity contribution is -0.137. The first-order valence-electron chi connectivity index (χ1n) is 8.52. The normalized spacial score (nSPS) is 11.5. The third-order valence-corrected chi connectivity index (χ3v) is 5.43. The molecule has 0 aliphatic rings. The van der Waals surface area contributed by atoms with Crippen molar-refractivity contribution in [3.05, 3.63) is 74.7 Å². The summed E-state index contributed by atoms with van der Waals surface area (Å²) in [5.74, 6) is -3.60. The van der Waals surface area contributed by atoms with E-state index in [1.807, 2.05) is 0 Å². The van der Waals surface area contributed by atoms with Crippen LogP contribution in [0.2, 0.25) is 0 Å². The van der Waals surface area contributed by atoms with Gasteiger partial charge in [0.2, 0.25) is 0 Å². The Morgan fingerprint density at radius 2 is 1.77 bits per heavy atom. The molecule has 4 nitrogen and oxygen atoms in total. The molecule has 0 saturated heterocycles. The highest BCUT2D eigenvalue weighted by Crippen LogP contribution is 2.36. The Bertz CT molecular complexity index is 1150. The average molecular weight is 438 g/mol. The Balaban J connectivity index is 1.97. The second-order valence-electron chi connectivity index (χ2n) is 6.57. The fourth-order valence-electron chi connectivity index (χ4n) is 2.98. The number of hydrogen-bond acceptors (Lipinski definition) is 4. The molecule has 2 N–H and O–H groups in total. The molecule has 3 rings (SSSR count). The van der Waals surface area contributed by atoms with Gasteiger partial charge in [-0.2, -0.15) is 13.2 Å². The van der Waals surface area contributed by atoms with Crippen LogP contribution in [0.15, 0.2) is 41.8 Å². The van der Waals surface area contributed by atoms with Gasteiger partial charge < -0.3 is 10.2 Å². The van der Waals surface area contributed by atoms with Crippen LogP contribution < -0.4 is 0 Å². The molecule has 156 valence electrons. The molecular weight excluding hydrogens is 424 g/mol. The Morgan fingerprint density at radius 1 is 1.07 bits per heavy atom. The van der Waals surface area contributed by atoms with Crippen molar-refractivity contribution in [2.75, 3.05) is 0 Å². The van der Waals surface area contributed by atoms with Crippen LogP contribution in [-0.4, -0.2) is 22.0 Å². The number of halogens is 4. The molecule has 0 aliphatic carbocycles. The maximum absolute atomic E-state index is 14.3. The highest BCUT2D eigenvalue weighted by Gasteiger charge is 2.32. The number of Topliss-reactive ketones (excluding diaryl/α,β-unsaturated/α-hetero) is 1. The van der Waals surface area contributed by atoms with E-state index in [9.17, 15) is 37.4 Å². The molecule has 0 spiro atoms. The predicted octanol–water partition coefficient (Wildman–Crippen LogP) is 5.71. The largest absolute Gasteiger partial charge is 0.507 e. The zero-order valence-corrected chi connectivity index (χ0v) is 16.2. The van der Waals surface area contributed by atoms with Crippen molar-refractivity contribution >= 4 is 23.1 Å². The Morgan fingerprint density at radius 3 is 2.33 bits per heavy atom. The smallest absolute Gasteiger partial charge is 0.416 e. The maximum atomic E-state index is 14.3. The van der Waals surface area contributed by atoms with Crippen LogP contribution >= 0.6 is 11.3 Å². The first-order chi connectivity index (χ1) is 14.0. The number of benzene rings is 2. The van der Waals surface area contributed by atoms with E-state index in [1.54, 1.807) is 13.0 Å². The van der Waals surface area contributed by atoms with Crippen LogP contribution in [0.1, 0.15) is 36.7 Å². The molecule has 2 aromatic carbocycles. The van der Waals surface area contributed by atoms with Gasteiger partial charge in [0.05, 0.1) is 16.7 Å². The minimum absolute atomic E-state index is 0.0605. The first-order valence-corrected chi connectivity index (χ1v) is 9.40. The maximum Gasteiger partial charge on any atom is 0.416 e. The summed E-state index contributed by atoms with van der Waals surface area (Å²) in [6.45, 7) is 1.68. The molecule has 1 heterocycles. The van der Waals surface area contributed by atoms with Gasteiger partial charge in [0.15, 0.2) is 5.78 Å². The summed E-state index contributed by atoms with van der Waals surface area (Å²) in [4.78, 5) is 24.4. The summed E-state index contributed by atoms with van der Waals surface area (Å²) in [5.41, 5.74) is -0.930. The standard InChI is InChI=1S/C21H14F4O4S/c1-10-2-4-12(15(22)6-10)14-9-30-18(19(14)20(28)29)8-17(27)13-5-3-11(7-16(13)26)21(23,24)25/h2-7,9,26H,8H2,1H3,(H,28,29). The van der Waals surface area contributed by atoms with Gasteiger partial charge in [0, 0.05) is 22.4 Å². The van der Waals surface area contributed by atoms with Crippen molar-refractivity contribution < 1.29 is 37.4 Å². The predicted molar refractivity (Wildman–Crippen MR) is 103 cm³/mol. The third kappa shape index (κ3) is 4.20. The fourth-order valence-corrected chi connectivity index (χ4v) is 4.02. The summed E-state index contributed by atoms with van der Waals surface area (Å²) < 4.78 is 52.5. The number of carboxylic acids is 1. The molecule has 30 heavy (non-hydrogen) atoms. The SMILES string of the molecule is Cc1ccc(-c2csc(CC(=O)c3ccc(C(F)(F)F)cc3O)c2C(=O)O)c(F)c1.